The zero-order valence-corrected chi connectivity index (χ0v) is 9.95. The largest absolute Gasteiger partial charge is 0.409 e. The number of amidine groups is 1. The Morgan fingerprint density at radius 2 is 2.27 bits per heavy atom. The van der Waals surface area contributed by atoms with E-state index in [2.05, 4.69) is 17.4 Å². The molecule has 4 nitrogen and oxygen atoms in total. The molecule has 0 amide bonds. The van der Waals surface area contributed by atoms with E-state index in [1.165, 1.54) is 12.8 Å². The second-order valence-corrected chi connectivity index (χ2v) is 5.08. The highest BCUT2D eigenvalue weighted by Gasteiger charge is 2.35. The molecule has 2 unspecified atom stereocenters. The molecule has 0 radical (unpaired) electrons. The second kappa shape index (κ2) is 4.84. The van der Waals surface area contributed by atoms with E-state index in [0.29, 0.717) is 11.9 Å². The van der Waals surface area contributed by atoms with Crippen LogP contribution < -0.4 is 11.1 Å². The predicted octanol–water partition coefficient (Wildman–Crippen LogP) is 1.54. The summed E-state index contributed by atoms with van der Waals surface area (Å²) >= 11 is 0. The molecule has 0 aliphatic heterocycles. The van der Waals surface area contributed by atoms with Gasteiger partial charge in [0.25, 0.3) is 0 Å². The van der Waals surface area contributed by atoms with E-state index in [1.54, 1.807) is 0 Å². The zero-order valence-electron chi connectivity index (χ0n) is 9.95. The van der Waals surface area contributed by atoms with Gasteiger partial charge < -0.3 is 16.3 Å². The highest BCUT2D eigenvalue weighted by Crippen LogP contribution is 2.33. The highest BCUT2D eigenvalue weighted by atomic mass is 16.4. The Balaban J connectivity index is 2.20. The quantitative estimate of drug-likeness (QED) is 0.271. The summed E-state index contributed by atoms with van der Waals surface area (Å²) < 4.78 is 0. The summed E-state index contributed by atoms with van der Waals surface area (Å²) in [5.74, 6) is 1.18. The summed E-state index contributed by atoms with van der Waals surface area (Å²) in [6.45, 7) is 7.15. The first-order valence-electron chi connectivity index (χ1n) is 5.72. The van der Waals surface area contributed by atoms with E-state index in [9.17, 15) is 0 Å². The van der Waals surface area contributed by atoms with Crippen molar-refractivity contribution in [3.05, 3.63) is 0 Å². The maximum absolute atomic E-state index is 8.61. The molecule has 0 bridgehead atoms. The fourth-order valence-corrected chi connectivity index (χ4v) is 1.78. The normalized spacial score (nSPS) is 26.7. The molecule has 1 saturated carbocycles. The first-order valence-corrected chi connectivity index (χ1v) is 5.72. The summed E-state index contributed by atoms with van der Waals surface area (Å²) in [6, 6.07) is 0.707. The topological polar surface area (TPSA) is 70.6 Å². The van der Waals surface area contributed by atoms with Crippen molar-refractivity contribution in [3.8, 4) is 0 Å². The minimum absolute atomic E-state index is 0.224. The van der Waals surface area contributed by atoms with E-state index in [0.717, 1.165) is 18.9 Å². The lowest BCUT2D eigenvalue weighted by Gasteiger charge is -2.22. The van der Waals surface area contributed by atoms with Crippen molar-refractivity contribution in [3.63, 3.8) is 0 Å². The lowest BCUT2D eigenvalue weighted by Crippen LogP contribution is -2.35. The number of oxime groups is 1. The van der Waals surface area contributed by atoms with Crippen LogP contribution in [-0.2, 0) is 0 Å². The minimum atomic E-state index is -0.224. The zero-order chi connectivity index (χ0) is 11.5. The van der Waals surface area contributed by atoms with Crippen molar-refractivity contribution >= 4 is 5.84 Å². The molecule has 1 aliphatic rings. The Kier molecular flexibility index (Phi) is 3.97. The van der Waals surface area contributed by atoms with Gasteiger partial charge >= 0.3 is 0 Å². The van der Waals surface area contributed by atoms with Crippen LogP contribution in [0, 0.1) is 11.3 Å². The second-order valence-electron chi connectivity index (χ2n) is 5.08. The Hall–Kier alpha value is -0.770. The molecule has 0 aromatic rings. The van der Waals surface area contributed by atoms with Gasteiger partial charge in [-0.25, -0.2) is 0 Å². The number of nitrogens with one attached hydrogen (secondary N) is 1. The predicted molar refractivity (Wildman–Crippen MR) is 62.0 cm³/mol. The van der Waals surface area contributed by atoms with Crippen LogP contribution in [0.15, 0.2) is 5.16 Å². The number of nitrogens with two attached hydrogens (primary N) is 1. The molecule has 0 saturated heterocycles. The van der Waals surface area contributed by atoms with Gasteiger partial charge in [0.05, 0.1) is 0 Å². The van der Waals surface area contributed by atoms with Crippen LogP contribution in [0.5, 0.6) is 0 Å². The van der Waals surface area contributed by atoms with Crippen molar-refractivity contribution in [2.24, 2.45) is 22.2 Å². The molecule has 4 N–H and O–H groups in total. The molecule has 0 spiro atoms. The van der Waals surface area contributed by atoms with Gasteiger partial charge in [-0.2, -0.15) is 0 Å². The number of hydrogen-bond donors (Lipinski definition) is 3. The van der Waals surface area contributed by atoms with Crippen LogP contribution in [-0.4, -0.2) is 23.6 Å². The molecule has 0 aromatic heterocycles. The molecule has 0 aromatic carbocycles. The first-order chi connectivity index (χ1) is 7.01. The average molecular weight is 213 g/mol. The van der Waals surface area contributed by atoms with Gasteiger partial charge in [0.15, 0.2) is 0 Å². The number of hydrogen-bond acceptors (Lipinski definition) is 3. The van der Waals surface area contributed by atoms with E-state index in [1.807, 2.05) is 13.8 Å². The van der Waals surface area contributed by atoms with Crippen LogP contribution in [0.1, 0.15) is 40.0 Å². The summed E-state index contributed by atoms with van der Waals surface area (Å²) in [6.07, 6.45) is 3.47. The molecular formula is C11H23N3O. The molecular weight excluding hydrogens is 190 g/mol. The molecule has 1 aliphatic carbocycles. The smallest absolute Gasteiger partial charge is 0.144 e. The summed E-state index contributed by atoms with van der Waals surface area (Å²) in [7, 11) is 0. The average Bonchev–Trinajstić information content (AvgIpc) is 2.95. The number of nitrogens with zero attached hydrogens (tertiary/aromatic N) is 1. The maximum Gasteiger partial charge on any atom is 0.144 e. The Morgan fingerprint density at radius 1 is 1.60 bits per heavy atom. The van der Waals surface area contributed by atoms with Gasteiger partial charge in [-0.05, 0) is 25.3 Å². The standard InChI is InChI=1S/C11H23N3O/c1-4-8-7-9(8)13-6-5-11(2,3)10(12)14-15/h8-9,13,15H,4-7H2,1-3H3,(H2,12,14). The highest BCUT2D eigenvalue weighted by molar-refractivity contribution is 5.85. The van der Waals surface area contributed by atoms with Crippen LogP contribution in [0.25, 0.3) is 0 Å². The summed E-state index contributed by atoms with van der Waals surface area (Å²) in [5, 5.41) is 15.2. The van der Waals surface area contributed by atoms with Gasteiger partial charge in [-0.15, -0.1) is 0 Å². The lowest BCUT2D eigenvalue weighted by molar-refractivity contribution is 0.305. The molecule has 4 heteroatoms. The Morgan fingerprint density at radius 3 is 2.73 bits per heavy atom. The van der Waals surface area contributed by atoms with Crippen molar-refractivity contribution < 1.29 is 5.21 Å². The van der Waals surface area contributed by atoms with Gasteiger partial charge in [-0.3, -0.25) is 0 Å². The monoisotopic (exact) mass is 213 g/mol. The molecule has 1 fully saturated rings. The van der Waals surface area contributed by atoms with Crippen molar-refractivity contribution in [1.29, 1.82) is 0 Å². The van der Waals surface area contributed by atoms with E-state index >= 15 is 0 Å². The Labute approximate surface area is 91.9 Å². The van der Waals surface area contributed by atoms with Crippen molar-refractivity contribution in [2.75, 3.05) is 6.54 Å². The van der Waals surface area contributed by atoms with Gasteiger partial charge in [0.2, 0.25) is 0 Å². The van der Waals surface area contributed by atoms with Gasteiger partial charge in [0, 0.05) is 11.5 Å². The third-order valence-corrected chi connectivity index (χ3v) is 3.40. The van der Waals surface area contributed by atoms with Crippen molar-refractivity contribution in [2.45, 2.75) is 46.1 Å². The van der Waals surface area contributed by atoms with Gasteiger partial charge in [0.1, 0.15) is 5.84 Å². The molecule has 0 heterocycles. The van der Waals surface area contributed by atoms with Crippen LogP contribution >= 0.6 is 0 Å². The maximum atomic E-state index is 8.61. The number of rotatable bonds is 6. The third-order valence-electron chi connectivity index (χ3n) is 3.40. The SMILES string of the molecule is CCC1CC1NCCC(C)(C)C(N)=NO. The fourth-order valence-electron chi connectivity index (χ4n) is 1.78. The fraction of sp³-hybridized carbons (Fsp3) is 0.909. The third kappa shape index (κ3) is 3.38. The van der Waals surface area contributed by atoms with Crippen LogP contribution in [0.2, 0.25) is 0 Å². The van der Waals surface area contributed by atoms with Crippen LogP contribution in [0.4, 0.5) is 0 Å². The molecule has 1 rings (SSSR count). The van der Waals surface area contributed by atoms with Gasteiger partial charge in [-0.1, -0.05) is 32.3 Å². The Bertz CT molecular complexity index is 238. The minimum Gasteiger partial charge on any atom is -0.409 e. The van der Waals surface area contributed by atoms with Crippen molar-refractivity contribution in [1.82, 2.24) is 5.32 Å². The van der Waals surface area contributed by atoms with E-state index in [-0.39, 0.29) is 5.41 Å². The van der Waals surface area contributed by atoms with E-state index in [4.69, 9.17) is 10.9 Å². The summed E-state index contributed by atoms with van der Waals surface area (Å²) in [5.41, 5.74) is 5.39. The molecule has 88 valence electrons. The molecule has 15 heavy (non-hydrogen) atoms. The molecule has 2 atom stereocenters. The summed E-state index contributed by atoms with van der Waals surface area (Å²) in [4.78, 5) is 0. The van der Waals surface area contributed by atoms with E-state index < -0.39 is 0 Å². The lowest BCUT2D eigenvalue weighted by atomic mass is 9.88. The first kappa shape index (κ1) is 12.3. The van der Waals surface area contributed by atoms with Crippen LogP contribution in [0.3, 0.4) is 0 Å².